The average molecular weight is 379 g/mol. The summed E-state index contributed by atoms with van der Waals surface area (Å²) in [7, 11) is 0. The number of carbonyl (C=O) groups is 1. The number of aryl methyl sites for hydroxylation is 2. The number of benzene rings is 2. The summed E-state index contributed by atoms with van der Waals surface area (Å²) in [6, 6.07) is 9.32. The van der Waals surface area contributed by atoms with Crippen LogP contribution < -0.4 is 15.4 Å². The number of ether oxygens (including phenoxy) is 1. The number of fused-ring (bicyclic) bond motifs is 1. The predicted molar refractivity (Wildman–Crippen MR) is 104 cm³/mol. The van der Waals surface area contributed by atoms with Gasteiger partial charge in [0.1, 0.15) is 11.6 Å². The molecule has 1 amide bonds. The SMILES string of the molecule is Cc1ccc(OCCC(=O)Nc2ccc3c(c2F)CCNC3)cc1C.Cl. The molecule has 6 heteroatoms. The zero-order valence-electron chi connectivity index (χ0n) is 15.0. The van der Waals surface area contributed by atoms with Gasteiger partial charge in [-0.15, -0.1) is 12.4 Å². The molecule has 1 aliphatic rings. The van der Waals surface area contributed by atoms with Crippen LogP contribution in [0.1, 0.15) is 28.7 Å². The van der Waals surface area contributed by atoms with E-state index in [0.717, 1.165) is 23.4 Å². The lowest BCUT2D eigenvalue weighted by Crippen LogP contribution is -2.25. The van der Waals surface area contributed by atoms with Crippen molar-refractivity contribution < 1.29 is 13.9 Å². The highest BCUT2D eigenvalue weighted by molar-refractivity contribution is 5.91. The molecule has 3 rings (SSSR count). The van der Waals surface area contributed by atoms with Crippen molar-refractivity contribution in [2.24, 2.45) is 0 Å². The molecule has 26 heavy (non-hydrogen) atoms. The molecule has 1 heterocycles. The van der Waals surface area contributed by atoms with E-state index in [0.29, 0.717) is 18.5 Å². The molecule has 0 saturated carbocycles. The number of hydrogen-bond donors (Lipinski definition) is 2. The molecule has 1 aliphatic heterocycles. The Balaban J connectivity index is 0.00000243. The average Bonchev–Trinajstić information content (AvgIpc) is 2.61. The summed E-state index contributed by atoms with van der Waals surface area (Å²) in [6.07, 6.45) is 0.811. The van der Waals surface area contributed by atoms with Crippen LogP contribution in [-0.2, 0) is 17.8 Å². The number of rotatable bonds is 5. The van der Waals surface area contributed by atoms with Crippen molar-refractivity contribution in [3.63, 3.8) is 0 Å². The minimum atomic E-state index is -0.317. The Morgan fingerprint density at radius 1 is 1.23 bits per heavy atom. The molecule has 2 aromatic rings. The van der Waals surface area contributed by atoms with Gasteiger partial charge >= 0.3 is 0 Å². The quantitative estimate of drug-likeness (QED) is 0.829. The van der Waals surface area contributed by atoms with Gasteiger partial charge < -0.3 is 15.4 Å². The molecule has 0 saturated heterocycles. The van der Waals surface area contributed by atoms with E-state index >= 15 is 0 Å². The molecule has 4 nitrogen and oxygen atoms in total. The fraction of sp³-hybridized carbons (Fsp3) is 0.350. The topological polar surface area (TPSA) is 50.4 Å². The molecule has 0 unspecified atom stereocenters. The summed E-state index contributed by atoms with van der Waals surface area (Å²) in [5.74, 6) is 0.169. The zero-order valence-corrected chi connectivity index (χ0v) is 15.8. The first kappa shape index (κ1) is 20.2. The minimum absolute atomic E-state index is 0. The maximum absolute atomic E-state index is 14.5. The van der Waals surface area contributed by atoms with Crippen LogP contribution in [0.25, 0.3) is 0 Å². The summed E-state index contributed by atoms with van der Waals surface area (Å²) in [5.41, 5.74) is 4.25. The number of hydrogen-bond acceptors (Lipinski definition) is 3. The van der Waals surface area contributed by atoms with Crippen molar-refractivity contribution in [3.05, 3.63) is 58.4 Å². The summed E-state index contributed by atoms with van der Waals surface area (Å²) in [6.45, 7) is 5.74. The molecule has 0 bridgehead atoms. The highest BCUT2D eigenvalue weighted by atomic mass is 35.5. The van der Waals surface area contributed by atoms with Crippen LogP contribution in [0, 0.1) is 19.7 Å². The number of anilines is 1. The van der Waals surface area contributed by atoms with Gasteiger partial charge in [-0.25, -0.2) is 4.39 Å². The molecule has 2 aromatic carbocycles. The van der Waals surface area contributed by atoms with Crippen molar-refractivity contribution >= 4 is 24.0 Å². The Kier molecular flexibility index (Phi) is 7.00. The van der Waals surface area contributed by atoms with Gasteiger partial charge in [-0.3, -0.25) is 4.79 Å². The number of carbonyl (C=O) groups excluding carboxylic acids is 1. The zero-order chi connectivity index (χ0) is 17.8. The Morgan fingerprint density at radius 2 is 2.04 bits per heavy atom. The van der Waals surface area contributed by atoms with Crippen LogP contribution in [0.2, 0.25) is 0 Å². The van der Waals surface area contributed by atoms with Crippen molar-refractivity contribution in [3.8, 4) is 5.75 Å². The Bertz CT molecular complexity index is 796. The maximum atomic E-state index is 14.5. The first-order valence-electron chi connectivity index (χ1n) is 8.55. The second kappa shape index (κ2) is 9.01. The van der Waals surface area contributed by atoms with E-state index < -0.39 is 0 Å². The summed E-state index contributed by atoms with van der Waals surface area (Å²) >= 11 is 0. The third-order valence-electron chi connectivity index (χ3n) is 4.56. The fourth-order valence-electron chi connectivity index (χ4n) is 2.91. The molecular formula is C20H24ClFN2O2. The molecule has 0 aromatic heterocycles. The van der Waals surface area contributed by atoms with Gasteiger partial charge in [-0.2, -0.15) is 0 Å². The Morgan fingerprint density at radius 3 is 2.81 bits per heavy atom. The van der Waals surface area contributed by atoms with Gasteiger partial charge in [0, 0.05) is 6.54 Å². The van der Waals surface area contributed by atoms with Crippen molar-refractivity contribution in [2.45, 2.75) is 33.2 Å². The highest BCUT2D eigenvalue weighted by Crippen LogP contribution is 2.24. The number of nitrogens with one attached hydrogen (secondary N) is 2. The summed E-state index contributed by atoms with van der Waals surface area (Å²) in [4.78, 5) is 12.1. The summed E-state index contributed by atoms with van der Waals surface area (Å²) < 4.78 is 20.1. The monoisotopic (exact) mass is 378 g/mol. The molecular weight excluding hydrogens is 355 g/mol. The Hall–Kier alpha value is -2.11. The first-order chi connectivity index (χ1) is 12.0. The van der Waals surface area contributed by atoms with Gasteiger partial charge in [-0.1, -0.05) is 12.1 Å². The molecule has 2 N–H and O–H groups in total. The number of amides is 1. The van der Waals surface area contributed by atoms with E-state index in [1.807, 2.05) is 38.1 Å². The Labute approximate surface area is 159 Å². The lowest BCUT2D eigenvalue weighted by Gasteiger charge is -2.19. The van der Waals surface area contributed by atoms with Gasteiger partial charge in [-0.05, 0) is 67.3 Å². The van der Waals surface area contributed by atoms with Gasteiger partial charge in [0.15, 0.2) is 0 Å². The lowest BCUT2D eigenvalue weighted by molar-refractivity contribution is -0.116. The van der Waals surface area contributed by atoms with Crippen LogP contribution in [0.4, 0.5) is 10.1 Å². The van der Waals surface area contributed by atoms with E-state index in [1.165, 1.54) is 5.56 Å². The summed E-state index contributed by atoms with van der Waals surface area (Å²) in [5, 5.41) is 5.86. The molecule has 140 valence electrons. The van der Waals surface area contributed by atoms with Gasteiger partial charge in [0.2, 0.25) is 5.91 Å². The van der Waals surface area contributed by atoms with Crippen LogP contribution in [0.15, 0.2) is 30.3 Å². The van der Waals surface area contributed by atoms with Gasteiger partial charge in [0.25, 0.3) is 0 Å². The van der Waals surface area contributed by atoms with Crippen molar-refractivity contribution in [2.75, 3.05) is 18.5 Å². The van der Waals surface area contributed by atoms with E-state index in [4.69, 9.17) is 4.74 Å². The van der Waals surface area contributed by atoms with E-state index in [2.05, 4.69) is 10.6 Å². The van der Waals surface area contributed by atoms with E-state index in [1.54, 1.807) is 6.07 Å². The fourth-order valence-corrected chi connectivity index (χ4v) is 2.91. The minimum Gasteiger partial charge on any atom is -0.493 e. The standard InChI is InChI=1S/C20H23FN2O2.ClH/c1-13-3-5-16(11-14(13)2)25-10-8-19(24)23-18-6-4-15-12-22-9-7-17(15)20(18)21;/h3-6,11,22H,7-10,12H2,1-2H3,(H,23,24);1H. The van der Waals surface area contributed by atoms with Crippen molar-refractivity contribution in [1.29, 1.82) is 0 Å². The smallest absolute Gasteiger partial charge is 0.227 e. The molecule has 0 aliphatic carbocycles. The van der Waals surface area contributed by atoms with Crippen LogP contribution in [-0.4, -0.2) is 19.1 Å². The van der Waals surface area contributed by atoms with Crippen LogP contribution >= 0.6 is 12.4 Å². The largest absolute Gasteiger partial charge is 0.493 e. The normalized spacial score (nSPS) is 12.7. The molecule has 0 radical (unpaired) electrons. The number of halogens is 2. The van der Waals surface area contributed by atoms with E-state index in [9.17, 15) is 9.18 Å². The lowest BCUT2D eigenvalue weighted by atomic mass is 9.99. The van der Waals surface area contributed by atoms with E-state index in [-0.39, 0.29) is 42.8 Å². The third-order valence-corrected chi connectivity index (χ3v) is 4.56. The first-order valence-corrected chi connectivity index (χ1v) is 8.55. The second-order valence-electron chi connectivity index (χ2n) is 6.38. The highest BCUT2D eigenvalue weighted by Gasteiger charge is 2.17. The van der Waals surface area contributed by atoms with Crippen LogP contribution in [0.5, 0.6) is 5.75 Å². The maximum Gasteiger partial charge on any atom is 0.227 e. The second-order valence-corrected chi connectivity index (χ2v) is 6.38. The molecule has 0 fully saturated rings. The predicted octanol–water partition coefficient (Wildman–Crippen LogP) is 3.92. The van der Waals surface area contributed by atoms with Crippen LogP contribution in [0.3, 0.4) is 0 Å². The molecule has 0 spiro atoms. The molecule has 0 atom stereocenters. The van der Waals surface area contributed by atoms with Crippen molar-refractivity contribution in [1.82, 2.24) is 5.32 Å². The third kappa shape index (κ3) is 4.74. The van der Waals surface area contributed by atoms with Gasteiger partial charge in [0.05, 0.1) is 18.7 Å².